The van der Waals surface area contributed by atoms with Gasteiger partial charge < -0.3 is 20.4 Å². The van der Waals surface area contributed by atoms with Crippen LogP contribution < -0.4 is 25.4 Å². The molecule has 3 rings (SSSR count). The van der Waals surface area contributed by atoms with Crippen molar-refractivity contribution in [1.29, 1.82) is 10.5 Å². The predicted octanol–water partition coefficient (Wildman–Crippen LogP) is 0.272. The lowest BCUT2D eigenvalue weighted by molar-refractivity contribution is -0.115. The van der Waals surface area contributed by atoms with E-state index >= 15 is 0 Å². The highest BCUT2D eigenvalue weighted by Gasteiger charge is 2.22. The molecule has 0 bridgehead atoms. The third-order valence-corrected chi connectivity index (χ3v) is 7.27. The molecule has 184 valence electrons. The normalized spacial score (nSPS) is 17.2. The fourth-order valence-corrected chi connectivity index (χ4v) is 5.21. The van der Waals surface area contributed by atoms with Gasteiger partial charge in [-0.2, -0.15) is 10.5 Å². The Bertz CT molecular complexity index is 1310. The average molecular weight is 494 g/mol. The molecule has 0 radical (unpaired) electrons. The van der Waals surface area contributed by atoms with Crippen LogP contribution in [-0.4, -0.2) is 66.6 Å². The van der Waals surface area contributed by atoms with Gasteiger partial charge in [0, 0.05) is 37.6 Å². The van der Waals surface area contributed by atoms with E-state index in [2.05, 4.69) is 46.7 Å². The molecule has 0 saturated carbocycles. The van der Waals surface area contributed by atoms with Crippen molar-refractivity contribution in [3.63, 3.8) is 0 Å². The molecule has 0 spiro atoms. The maximum absolute atomic E-state index is 12.9. The summed E-state index contributed by atoms with van der Waals surface area (Å²) in [5.41, 5.74) is 1.61. The van der Waals surface area contributed by atoms with Crippen molar-refractivity contribution in [2.24, 2.45) is 0 Å². The first-order chi connectivity index (χ1) is 16.9. The van der Waals surface area contributed by atoms with E-state index in [9.17, 15) is 14.9 Å². The summed E-state index contributed by atoms with van der Waals surface area (Å²) in [5, 5.41) is 23.7. The molecule has 35 heavy (non-hydrogen) atoms. The van der Waals surface area contributed by atoms with E-state index in [-0.39, 0.29) is 22.3 Å². The van der Waals surface area contributed by atoms with E-state index in [4.69, 9.17) is 5.26 Å². The highest BCUT2D eigenvalue weighted by atomic mass is 32.1. The van der Waals surface area contributed by atoms with Gasteiger partial charge in [0.15, 0.2) is 5.57 Å². The van der Waals surface area contributed by atoms with E-state index in [0.717, 1.165) is 43.1 Å². The van der Waals surface area contributed by atoms with Crippen molar-refractivity contribution in [2.45, 2.75) is 32.4 Å². The molecule has 1 aliphatic heterocycles. The van der Waals surface area contributed by atoms with Crippen molar-refractivity contribution in [3.8, 4) is 12.1 Å². The quantitative estimate of drug-likeness (QED) is 0.482. The minimum absolute atomic E-state index is 0.177. The molecule has 2 N–H and O–H groups in total. The molecule has 1 aliphatic rings. The van der Waals surface area contributed by atoms with Crippen LogP contribution in [0.4, 0.5) is 5.69 Å². The lowest BCUT2D eigenvalue weighted by atomic mass is 10.1. The van der Waals surface area contributed by atoms with Crippen molar-refractivity contribution in [2.75, 3.05) is 45.6 Å². The van der Waals surface area contributed by atoms with Gasteiger partial charge in [0.25, 0.3) is 11.5 Å². The molecule has 2 aromatic rings. The number of carbonyl (C=O) groups is 1. The summed E-state index contributed by atoms with van der Waals surface area (Å²) >= 11 is 1.08. The van der Waals surface area contributed by atoms with Gasteiger partial charge in [0.05, 0.1) is 6.07 Å². The van der Waals surface area contributed by atoms with E-state index in [1.807, 2.05) is 24.3 Å². The Morgan fingerprint density at radius 2 is 2.17 bits per heavy atom. The SMILES string of the molecule is CCn1c(=C(C#N)C(=O)NCC#N)sc(=CNc2cccc(CCN(C)C3CCN(C)C3)c2)c1=O. The fraction of sp³-hybridized carbons (Fsp3) is 0.440. The zero-order chi connectivity index (χ0) is 25.4. The van der Waals surface area contributed by atoms with Crippen LogP contribution in [0.15, 0.2) is 29.1 Å². The number of carbonyl (C=O) groups excluding carboxylic acids is 1. The number of nitrogens with zero attached hydrogens (tertiary/aromatic N) is 5. The van der Waals surface area contributed by atoms with E-state index in [1.165, 1.54) is 16.6 Å². The number of thiazole rings is 1. The first kappa shape index (κ1) is 26.2. The standard InChI is InChI=1S/C25H31N7O2S/c1-4-32-24(34)22(35-25(32)21(15-27)23(33)28-11-10-26)16-29-19-7-5-6-18(14-19)8-13-31(3)20-9-12-30(2)17-20/h5-7,14,16,20,29H,4,8-9,11-13,17H2,1-3H3,(H,28,33). The van der Waals surface area contributed by atoms with Crippen molar-refractivity contribution >= 4 is 34.7 Å². The smallest absolute Gasteiger partial charge is 0.270 e. The molecule has 9 nitrogen and oxygen atoms in total. The minimum Gasteiger partial charge on any atom is -0.360 e. The molecular weight excluding hydrogens is 462 g/mol. The topological polar surface area (TPSA) is 117 Å². The number of hydrogen-bond donors (Lipinski definition) is 2. The van der Waals surface area contributed by atoms with Crippen molar-refractivity contribution < 1.29 is 4.79 Å². The number of benzene rings is 1. The monoisotopic (exact) mass is 493 g/mol. The largest absolute Gasteiger partial charge is 0.360 e. The second-order valence-corrected chi connectivity index (χ2v) is 9.60. The average Bonchev–Trinajstić information content (AvgIpc) is 3.43. The van der Waals surface area contributed by atoms with Gasteiger partial charge in [0.2, 0.25) is 0 Å². The molecule has 1 atom stereocenters. The molecule has 1 fully saturated rings. The summed E-state index contributed by atoms with van der Waals surface area (Å²) in [6.07, 6.45) is 3.74. The van der Waals surface area contributed by atoms with Crippen LogP contribution >= 0.6 is 11.3 Å². The summed E-state index contributed by atoms with van der Waals surface area (Å²) < 4.78 is 2.06. The number of hydrogen-bond acceptors (Lipinski definition) is 8. The zero-order valence-corrected chi connectivity index (χ0v) is 21.2. The van der Waals surface area contributed by atoms with Crippen LogP contribution in [0, 0.1) is 22.7 Å². The first-order valence-electron chi connectivity index (χ1n) is 11.6. The van der Waals surface area contributed by atoms with Crippen LogP contribution in [0.1, 0.15) is 18.9 Å². The van der Waals surface area contributed by atoms with Gasteiger partial charge in [-0.3, -0.25) is 14.2 Å². The summed E-state index contributed by atoms with van der Waals surface area (Å²) in [7, 11) is 4.34. The van der Waals surface area contributed by atoms with Crippen LogP contribution in [0.2, 0.25) is 0 Å². The molecule has 1 unspecified atom stereocenters. The van der Waals surface area contributed by atoms with Crippen molar-refractivity contribution in [3.05, 3.63) is 49.4 Å². The Balaban J connectivity index is 1.78. The van der Waals surface area contributed by atoms with Crippen LogP contribution in [0.25, 0.3) is 11.8 Å². The number of likely N-dealkylation sites (N-methyl/N-ethyl adjacent to an activating group) is 2. The highest BCUT2D eigenvalue weighted by Crippen LogP contribution is 2.15. The molecule has 2 heterocycles. The predicted molar refractivity (Wildman–Crippen MR) is 138 cm³/mol. The molecule has 10 heteroatoms. The van der Waals surface area contributed by atoms with Gasteiger partial charge in [-0.15, -0.1) is 11.3 Å². The summed E-state index contributed by atoms with van der Waals surface area (Å²) in [6.45, 7) is 5.11. The van der Waals surface area contributed by atoms with Crippen molar-refractivity contribution in [1.82, 2.24) is 19.7 Å². The number of nitriles is 2. The number of rotatable bonds is 9. The van der Waals surface area contributed by atoms with E-state index in [1.54, 1.807) is 13.1 Å². The molecule has 1 saturated heterocycles. The van der Waals surface area contributed by atoms with E-state index in [0.29, 0.717) is 17.1 Å². The lowest BCUT2D eigenvalue weighted by Gasteiger charge is -2.24. The molecule has 0 aliphatic carbocycles. The Labute approximate surface area is 209 Å². The van der Waals surface area contributed by atoms with Gasteiger partial charge in [-0.25, -0.2) is 0 Å². The lowest BCUT2D eigenvalue weighted by Crippen LogP contribution is -2.35. The Hall–Kier alpha value is -3.44. The van der Waals surface area contributed by atoms with Gasteiger partial charge in [0.1, 0.15) is 21.8 Å². The maximum Gasteiger partial charge on any atom is 0.270 e. The number of nitrogens with one attached hydrogen (secondary N) is 2. The number of amides is 1. The second kappa shape index (κ2) is 12.3. The maximum atomic E-state index is 12.9. The molecule has 1 amide bonds. The first-order valence-corrected chi connectivity index (χ1v) is 12.4. The van der Waals surface area contributed by atoms with Crippen LogP contribution in [0.5, 0.6) is 0 Å². The highest BCUT2D eigenvalue weighted by molar-refractivity contribution is 7.07. The van der Waals surface area contributed by atoms with Gasteiger partial charge >= 0.3 is 0 Å². The second-order valence-electron chi connectivity index (χ2n) is 8.57. The summed E-state index contributed by atoms with van der Waals surface area (Å²) in [4.78, 5) is 29.9. The van der Waals surface area contributed by atoms with E-state index < -0.39 is 5.91 Å². The fourth-order valence-electron chi connectivity index (χ4n) is 4.12. The molecule has 1 aromatic carbocycles. The molecular formula is C25H31N7O2S. The zero-order valence-electron chi connectivity index (χ0n) is 20.4. The third-order valence-electron chi connectivity index (χ3n) is 6.14. The number of aromatic nitrogens is 1. The third kappa shape index (κ3) is 6.58. The van der Waals surface area contributed by atoms with Gasteiger partial charge in [-0.05, 0) is 58.1 Å². The van der Waals surface area contributed by atoms with Gasteiger partial charge in [-0.1, -0.05) is 12.1 Å². The molecule has 1 aromatic heterocycles. The number of anilines is 1. The number of likely N-dealkylation sites (tertiary alicyclic amines) is 1. The van der Waals surface area contributed by atoms with Crippen LogP contribution in [-0.2, 0) is 17.8 Å². The Morgan fingerprint density at radius 3 is 2.83 bits per heavy atom. The Kier molecular flexibility index (Phi) is 9.21. The summed E-state index contributed by atoms with van der Waals surface area (Å²) in [6, 6.07) is 12.4. The minimum atomic E-state index is -0.668. The summed E-state index contributed by atoms with van der Waals surface area (Å²) in [5.74, 6) is -0.668. The van der Waals surface area contributed by atoms with Crippen LogP contribution in [0.3, 0.4) is 0 Å². The Morgan fingerprint density at radius 1 is 1.37 bits per heavy atom.